The molecule has 1 heterocycles. The van der Waals surface area contributed by atoms with E-state index >= 15 is 0 Å². The van der Waals surface area contributed by atoms with Crippen LogP contribution in [0, 0.1) is 10.1 Å². The van der Waals surface area contributed by atoms with Crippen LogP contribution in [0.1, 0.15) is 6.92 Å². The lowest BCUT2D eigenvalue weighted by Crippen LogP contribution is -2.35. The van der Waals surface area contributed by atoms with Gasteiger partial charge in [0.25, 0.3) is 11.6 Å². The Bertz CT molecular complexity index is 554. The fraction of sp³-hybridized carbons (Fsp3) is 0.200. The quantitative estimate of drug-likeness (QED) is 0.476. The van der Waals surface area contributed by atoms with Crippen LogP contribution in [0.5, 0.6) is 0 Å². The van der Waals surface area contributed by atoms with E-state index in [0.29, 0.717) is 5.69 Å². The smallest absolute Gasteiger partial charge is 0.269 e. The fourth-order valence-electron chi connectivity index (χ4n) is 1.44. The molecular weight excluding hydrogens is 281 g/mol. The molecule has 0 N–H and O–H groups in total. The molecule has 1 aliphatic rings. The Morgan fingerprint density at radius 2 is 1.89 bits per heavy atom. The van der Waals surface area contributed by atoms with Gasteiger partial charge in [0.05, 0.1) is 16.3 Å². The van der Waals surface area contributed by atoms with Crippen molar-refractivity contribution in [2.75, 3.05) is 5.01 Å². The molecule has 1 aromatic carbocycles. The number of rotatable bonds is 2. The molecule has 0 aliphatic carbocycles. The van der Waals surface area contributed by atoms with Crippen LogP contribution in [0.15, 0.2) is 29.4 Å². The molecule has 0 aromatic heterocycles. The molecule has 18 heavy (non-hydrogen) atoms. The van der Waals surface area contributed by atoms with E-state index in [1.807, 2.05) is 0 Å². The molecule has 0 radical (unpaired) electrons. The average molecular weight is 288 g/mol. The summed E-state index contributed by atoms with van der Waals surface area (Å²) in [7, 11) is 0. The Labute approximate surface area is 112 Å². The summed E-state index contributed by atoms with van der Waals surface area (Å²) in [5.74, 6) is -0.600. The summed E-state index contributed by atoms with van der Waals surface area (Å²) in [4.78, 5) is 21.8. The monoisotopic (exact) mass is 287 g/mol. The SMILES string of the molecule is CC1=NN(c2ccc([N+](=O)[O-])cc2)C(=O)C1(Cl)Cl. The normalized spacial score (nSPS) is 17.8. The molecule has 6 nitrogen and oxygen atoms in total. The van der Waals surface area contributed by atoms with Gasteiger partial charge in [-0.3, -0.25) is 14.9 Å². The zero-order valence-corrected chi connectivity index (χ0v) is 10.6. The zero-order chi connectivity index (χ0) is 13.5. The number of nitrogens with zero attached hydrogens (tertiary/aromatic N) is 3. The van der Waals surface area contributed by atoms with Gasteiger partial charge in [-0.2, -0.15) is 10.1 Å². The molecule has 0 spiro atoms. The molecule has 0 saturated heterocycles. The van der Waals surface area contributed by atoms with E-state index in [-0.39, 0.29) is 11.4 Å². The number of hydrazone groups is 1. The second-order valence-electron chi connectivity index (χ2n) is 3.65. The second kappa shape index (κ2) is 4.22. The molecule has 0 bridgehead atoms. The maximum atomic E-state index is 11.9. The first kappa shape index (κ1) is 12.8. The number of amides is 1. The van der Waals surface area contributed by atoms with Crippen molar-refractivity contribution >= 4 is 46.2 Å². The van der Waals surface area contributed by atoms with E-state index in [1.165, 1.54) is 31.2 Å². The number of alkyl halides is 2. The van der Waals surface area contributed by atoms with Gasteiger partial charge in [0, 0.05) is 12.1 Å². The molecule has 1 amide bonds. The molecule has 0 fully saturated rings. The van der Waals surface area contributed by atoms with Crippen molar-refractivity contribution in [3.05, 3.63) is 34.4 Å². The van der Waals surface area contributed by atoms with E-state index < -0.39 is 15.2 Å². The van der Waals surface area contributed by atoms with E-state index in [9.17, 15) is 14.9 Å². The third-order valence-corrected chi connectivity index (χ3v) is 3.34. The summed E-state index contributed by atoms with van der Waals surface area (Å²) in [6, 6.07) is 5.36. The first-order chi connectivity index (χ1) is 8.34. The minimum Gasteiger partial charge on any atom is -0.269 e. The van der Waals surface area contributed by atoms with E-state index in [0.717, 1.165) is 5.01 Å². The minimum atomic E-state index is -1.68. The maximum absolute atomic E-state index is 11.9. The first-order valence-corrected chi connectivity index (χ1v) is 5.62. The van der Waals surface area contributed by atoms with Gasteiger partial charge < -0.3 is 0 Å². The molecule has 8 heteroatoms. The predicted molar refractivity (Wildman–Crippen MR) is 68.1 cm³/mol. The Hall–Kier alpha value is -1.66. The van der Waals surface area contributed by atoms with Crippen LogP contribution in [0.2, 0.25) is 0 Å². The van der Waals surface area contributed by atoms with Crippen LogP contribution in [0.3, 0.4) is 0 Å². The third kappa shape index (κ3) is 1.93. The second-order valence-corrected chi connectivity index (χ2v) is 4.98. The number of hydrogen-bond acceptors (Lipinski definition) is 4. The number of carbonyl (C=O) groups excluding carboxylic acids is 1. The Balaban J connectivity index is 2.34. The van der Waals surface area contributed by atoms with Crippen molar-refractivity contribution in [2.45, 2.75) is 11.3 Å². The number of hydrogen-bond donors (Lipinski definition) is 0. The van der Waals surface area contributed by atoms with Crippen LogP contribution in [0.4, 0.5) is 11.4 Å². The van der Waals surface area contributed by atoms with Crippen LogP contribution >= 0.6 is 23.2 Å². The van der Waals surface area contributed by atoms with E-state index in [2.05, 4.69) is 5.10 Å². The highest BCUT2D eigenvalue weighted by atomic mass is 35.5. The predicted octanol–water partition coefficient (Wildman–Crippen LogP) is 2.49. The highest BCUT2D eigenvalue weighted by Gasteiger charge is 2.46. The average Bonchev–Trinajstić information content (AvgIpc) is 2.53. The van der Waals surface area contributed by atoms with Crippen LogP contribution < -0.4 is 5.01 Å². The Morgan fingerprint density at radius 3 is 2.28 bits per heavy atom. The minimum absolute atomic E-state index is 0.0749. The fourth-order valence-corrected chi connectivity index (χ4v) is 1.67. The summed E-state index contributed by atoms with van der Waals surface area (Å²) in [5.41, 5.74) is 0.552. The van der Waals surface area contributed by atoms with Gasteiger partial charge >= 0.3 is 0 Å². The third-order valence-electron chi connectivity index (χ3n) is 2.47. The van der Waals surface area contributed by atoms with Crippen molar-refractivity contribution < 1.29 is 9.72 Å². The standard InChI is InChI=1S/C10H7Cl2N3O3/c1-6-10(11,12)9(16)14(13-6)7-2-4-8(5-3-7)15(17)18/h2-5H,1H3. The number of nitro benzene ring substituents is 1. The molecular formula is C10H7Cl2N3O3. The maximum Gasteiger partial charge on any atom is 0.289 e. The summed E-state index contributed by atoms with van der Waals surface area (Å²) in [6.07, 6.45) is 0. The Kier molecular flexibility index (Phi) is 3.00. The highest BCUT2D eigenvalue weighted by molar-refractivity contribution is 6.70. The van der Waals surface area contributed by atoms with Crippen LogP contribution in [-0.2, 0) is 4.79 Å². The molecule has 94 valence electrons. The number of nitro groups is 1. The zero-order valence-electron chi connectivity index (χ0n) is 9.13. The molecule has 1 aliphatic heterocycles. The first-order valence-electron chi connectivity index (χ1n) is 4.86. The summed E-state index contributed by atoms with van der Waals surface area (Å²) < 4.78 is -1.68. The number of benzene rings is 1. The van der Waals surface area contributed by atoms with Crippen molar-refractivity contribution in [1.82, 2.24) is 0 Å². The summed E-state index contributed by atoms with van der Waals surface area (Å²) >= 11 is 11.7. The molecule has 2 rings (SSSR count). The van der Waals surface area contributed by atoms with Crippen molar-refractivity contribution in [3.63, 3.8) is 0 Å². The molecule has 0 saturated carbocycles. The van der Waals surface area contributed by atoms with E-state index in [1.54, 1.807) is 0 Å². The van der Waals surface area contributed by atoms with Gasteiger partial charge in [-0.25, -0.2) is 0 Å². The van der Waals surface area contributed by atoms with Gasteiger partial charge in [-0.15, -0.1) is 0 Å². The van der Waals surface area contributed by atoms with Crippen LogP contribution in [-0.4, -0.2) is 20.9 Å². The molecule has 0 unspecified atom stereocenters. The largest absolute Gasteiger partial charge is 0.289 e. The molecule has 0 atom stereocenters. The molecule has 1 aromatic rings. The van der Waals surface area contributed by atoms with Gasteiger partial charge in [-0.1, -0.05) is 23.2 Å². The lowest BCUT2D eigenvalue weighted by molar-refractivity contribution is -0.384. The van der Waals surface area contributed by atoms with Crippen molar-refractivity contribution in [1.29, 1.82) is 0 Å². The van der Waals surface area contributed by atoms with Crippen molar-refractivity contribution in [3.8, 4) is 0 Å². The van der Waals surface area contributed by atoms with Gasteiger partial charge in [-0.05, 0) is 19.1 Å². The van der Waals surface area contributed by atoms with Crippen LogP contribution in [0.25, 0.3) is 0 Å². The highest BCUT2D eigenvalue weighted by Crippen LogP contribution is 2.34. The summed E-state index contributed by atoms with van der Waals surface area (Å²) in [6.45, 7) is 1.53. The van der Waals surface area contributed by atoms with Gasteiger partial charge in [0.15, 0.2) is 0 Å². The van der Waals surface area contributed by atoms with Gasteiger partial charge in [0.1, 0.15) is 0 Å². The Morgan fingerprint density at radius 1 is 1.33 bits per heavy atom. The number of non-ortho nitro benzene ring substituents is 1. The van der Waals surface area contributed by atoms with Gasteiger partial charge in [0.2, 0.25) is 4.33 Å². The lowest BCUT2D eigenvalue weighted by Gasteiger charge is -2.14. The number of halogens is 2. The topological polar surface area (TPSA) is 75.8 Å². The summed E-state index contributed by atoms with van der Waals surface area (Å²) in [5, 5.41) is 15.5. The number of anilines is 1. The van der Waals surface area contributed by atoms with E-state index in [4.69, 9.17) is 23.2 Å². The lowest BCUT2D eigenvalue weighted by atomic mass is 10.2. The number of carbonyl (C=O) groups is 1. The van der Waals surface area contributed by atoms with Crippen molar-refractivity contribution in [2.24, 2.45) is 5.10 Å².